The molecule has 4 heteroatoms. The summed E-state index contributed by atoms with van der Waals surface area (Å²) in [6.45, 7) is 0. The molecule has 0 aliphatic heterocycles. The number of rotatable bonds is 0. The minimum absolute atomic E-state index is 0.0137. The SMILES string of the molecule is FC1=C(F)c2cc(F)c(F)c3cccc(c23)C1. The lowest BCUT2D eigenvalue weighted by molar-refractivity contribution is 0.515. The zero-order valence-corrected chi connectivity index (χ0v) is 8.53. The summed E-state index contributed by atoms with van der Waals surface area (Å²) in [6, 6.07) is 5.14. The highest BCUT2D eigenvalue weighted by Gasteiger charge is 2.24. The van der Waals surface area contributed by atoms with Crippen LogP contribution in [0.4, 0.5) is 17.6 Å². The molecule has 0 saturated carbocycles. The maximum Gasteiger partial charge on any atom is 0.166 e. The van der Waals surface area contributed by atoms with Crippen molar-refractivity contribution in [3.63, 3.8) is 0 Å². The maximum atomic E-state index is 13.6. The molecule has 1 aliphatic rings. The normalized spacial score (nSPS) is 14.6. The highest BCUT2D eigenvalue weighted by Crippen LogP contribution is 2.39. The van der Waals surface area contributed by atoms with Gasteiger partial charge >= 0.3 is 0 Å². The highest BCUT2D eigenvalue weighted by molar-refractivity contribution is 5.97. The number of benzene rings is 2. The van der Waals surface area contributed by atoms with Crippen molar-refractivity contribution in [2.24, 2.45) is 0 Å². The smallest absolute Gasteiger partial charge is 0.166 e. The van der Waals surface area contributed by atoms with Crippen LogP contribution in [0.5, 0.6) is 0 Å². The van der Waals surface area contributed by atoms with Crippen molar-refractivity contribution >= 4 is 16.6 Å². The third kappa shape index (κ3) is 1.30. The molecule has 0 heterocycles. The Kier molecular flexibility index (Phi) is 2.02. The Hall–Kier alpha value is -1.84. The van der Waals surface area contributed by atoms with Crippen LogP contribution in [0.15, 0.2) is 30.1 Å². The van der Waals surface area contributed by atoms with Gasteiger partial charge in [-0.2, -0.15) is 0 Å². The molecule has 2 aromatic carbocycles. The van der Waals surface area contributed by atoms with Gasteiger partial charge in [-0.1, -0.05) is 18.2 Å². The van der Waals surface area contributed by atoms with E-state index in [2.05, 4.69) is 0 Å². The molecule has 0 N–H and O–H groups in total. The van der Waals surface area contributed by atoms with Crippen LogP contribution < -0.4 is 0 Å². The monoisotopic (exact) mass is 238 g/mol. The van der Waals surface area contributed by atoms with Crippen molar-refractivity contribution in [3.05, 3.63) is 52.9 Å². The van der Waals surface area contributed by atoms with Crippen LogP contribution in [0.3, 0.4) is 0 Å². The molecule has 0 fully saturated rings. The van der Waals surface area contributed by atoms with Gasteiger partial charge in [-0.15, -0.1) is 0 Å². The molecule has 0 nitrogen and oxygen atoms in total. The second kappa shape index (κ2) is 3.32. The zero-order valence-electron chi connectivity index (χ0n) is 8.53. The van der Waals surface area contributed by atoms with E-state index < -0.39 is 23.3 Å². The van der Waals surface area contributed by atoms with Crippen LogP contribution in [-0.2, 0) is 6.42 Å². The van der Waals surface area contributed by atoms with Crippen molar-refractivity contribution in [2.75, 3.05) is 0 Å². The third-order valence-electron chi connectivity index (χ3n) is 2.96. The summed E-state index contributed by atoms with van der Waals surface area (Å²) < 4.78 is 53.7. The first-order chi connectivity index (χ1) is 8.09. The summed E-state index contributed by atoms with van der Waals surface area (Å²) in [5.74, 6) is -4.25. The first kappa shape index (κ1) is 10.3. The van der Waals surface area contributed by atoms with Crippen molar-refractivity contribution in [1.29, 1.82) is 0 Å². The maximum absolute atomic E-state index is 13.6. The Morgan fingerprint density at radius 3 is 2.53 bits per heavy atom. The van der Waals surface area contributed by atoms with E-state index in [1.54, 1.807) is 6.07 Å². The molecule has 0 spiro atoms. The summed E-state index contributed by atoms with van der Waals surface area (Å²) in [5.41, 5.74) is 0.258. The molecular formula is C13H6F4. The summed E-state index contributed by atoms with van der Waals surface area (Å²) >= 11 is 0. The van der Waals surface area contributed by atoms with Crippen LogP contribution in [0.2, 0.25) is 0 Å². The second-order valence-corrected chi connectivity index (χ2v) is 3.96. The quantitative estimate of drug-likeness (QED) is 0.601. The molecule has 1 aliphatic carbocycles. The fourth-order valence-electron chi connectivity index (χ4n) is 2.20. The number of allylic oxidation sites excluding steroid dienone is 1. The highest BCUT2D eigenvalue weighted by atomic mass is 19.2. The molecule has 0 amide bonds. The van der Waals surface area contributed by atoms with E-state index in [0.717, 1.165) is 0 Å². The van der Waals surface area contributed by atoms with Gasteiger partial charge in [-0.05, 0) is 17.0 Å². The fourth-order valence-corrected chi connectivity index (χ4v) is 2.20. The van der Waals surface area contributed by atoms with E-state index in [1.165, 1.54) is 12.1 Å². The molecule has 2 aromatic rings. The van der Waals surface area contributed by atoms with E-state index in [0.29, 0.717) is 11.6 Å². The number of hydrogen-bond acceptors (Lipinski definition) is 0. The Morgan fingerprint density at radius 2 is 1.76 bits per heavy atom. The van der Waals surface area contributed by atoms with Gasteiger partial charge in [0.2, 0.25) is 0 Å². The molecule has 86 valence electrons. The van der Waals surface area contributed by atoms with Crippen LogP contribution in [-0.4, -0.2) is 0 Å². The molecular weight excluding hydrogens is 232 g/mol. The number of halogens is 4. The van der Waals surface area contributed by atoms with Crippen molar-refractivity contribution in [3.8, 4) is 0 Å². The molecule has 0 saturated heterocycles. The van der Waals surface area contributed by atoms with Gasteiger partial charge in [0, 0.05) is 17.4 Å². The molecule has 0 unspecified atom stereocenters. The van der Waals surface area contributed by atoms with Gasteiger partial charge in [0.15, 0.2) is 17.5 Å². The van der Waals surface area contributed by atoms with Crippen LogP contribution >= 0.6 is 0 Å². The average molecular weight is 238 g/mol. The van der Waals surface area contributed by atoms with Crippen molar-refractivity contribution in [1.82, 2.24) is 0 Å². The van der Waals surface area contributed by atoms with Gasteiger partial charge in [0.1, 0.15) is 5.83 Å². The predicted molar refractivity (Wildman–Crippen MR) is 56.7 cm³/mol. The average Bonchev–Trinajstić information content (AvgIpc) is 2.31. The topological polar surface area (TPSA) is 0 Å². The number of hydrogen-bond donors (Lipinski definition) is 0. The minimum atomic E-state index is -1.17. The lowest BCUT2D eigenvalue weighted by Gasteiger charge is -2.16. The van der Waals surface area contributed by atoms with Crippen LogP contribution in [0, 0.1) is 11.6 Å². The predicted octanol–water partition coefficient (Wildman–Crippen LogP) is 4.28. The van der Waals surface area contributed by atoms with Crippen LogP contribution in [0.25, 0.3) is 16.6 Å². The van der Waals surface area contributed by atoms with E-state index in [-0.39, 0.29) is 22.8 Å². The van der Waals surface area contributed by atoms with Gasteiger partial charge in [-0.3, -0.25) is 0 Å². The van der Waals surface area contributed by atoms with E-state index in [1.807, 2.05) is 0 Å². The fraction of sp³-hybridized carbons (Fsp3) is 0.0769. The third-order valence-corrected chi connectivity index (χ3v) is 2.96. The Labute approximate surface area is 94.2 Å². The molecule has 0 bridgehead atoms. The molecule has 17 heavy (non-hydrogen) atoms. The minimum Gasteiger partial charge on any atom is -0.208 e. The second-order valence-electron chi connectivity index (χ2n) is 3.96. The van der Waals surface area contributed by atoms with Gasteiger partial charge in [0.25, 0.3) is 0 Å². The standard InChI is InChI=1S/C13H6F4/c14-9-4-6-2-1-3-7-11(6)8(13(9)17)5-10(15)12(7)16/h1-3,5H,4H2. The molecule has 0 radical (unpaired) electrons. The first-order valence-electron chi connectivity index (χ1n) is 5.03. The zero-order chi connectivity index (χ0) is 12.2. The molecule has 0 atom stereocenters. The Morgan fingerprint density at radius 1 is 1.00 bits per heavy atom. The summed E-state index contributed by atoms with van der Waals surface area (Å²) in [7, 11) is 0. The van der Waals surface area contributed by atoms with Gasteiger partial charge < -0.3 is 0 Å². The van der Waals surface area contributed by atoms with Gasteiger partial charge in [0.05, 0.1) is 0 Å². The molecule has 3 rings (SSSR count). The summed E-state index contributed by atoms with van der Waals surface area (Å²) in [6.07, 6.45) is -0.221. The van der Waals surface area contributed by atoms with Gasteiger partial charge in [-0.25, -0.2) is 17.6 Å². The summed E-state index contributed by atoms with van der Waals surface area (Å²) in [5, 5.41) is 0.241. The lowest BCUT2D eigenvalue weighted by atomic mass is 9.91. The molecule has 0 aromatic heterocycles. The summed E-state index contributed by atoms with van der Waals surface area (Å²) in [4.78, 5) is 0. The van der Waals surface area contributed by atoms with E-state index in [4.69, 9.17) is 0 Å². The Bertz CT molecular complexity index is 671. The van der Waals surface area contributed by atoms with Crippen molar-refractivity contribution in [2.45, 2.75) is 6.42 Å². The van der Waals surface area contributed by atoms with Crippen LogP contribution in [0.1, 0.15) is 11.1 Å². The first-order valence-corrected chi connectivity index (χ1v) is 5.03. The van der Waals surface area contributed by atoms with E-state index in [9.17, 15) is 17.6 Å². The Balaban J connectivity index is 2.55. The van der Waals surface area contributed by atoms with Crippen molar-refractivity contribution < 1.29 is 17.6 Å². The van der Waals surface area contributed by atoms with E-state index >= 15 is 0 Å². The lowest BCUT2D eigenvalue weighted by Crippen LogP contribution is -2.02. The largest absolute Gasteiger partial charge is 0.208 e.